The second kappa shape index (κ2) is 9.12. The van der Waals surface area contributed by atoms with Crippen molar-refractivity contribution < 1.29 is 18.0 Å². The lowest BCUT2D eigenvalue weighted by Gasteiger charge is -2.33. The van der Waals surface area contributed by atoms with Crippen LogP contribution in [0.2, 0.25) is 0 Å². The molecule has 3 N–H and O–H groups in total. The molecule has 0 aliphatic carbocycles. The number of rotatable bonds is 8. The van der Waals surface area contributed by atoms with Gasteiger partial charge in [-0.2, -0.15) is 0 Å². The van der Waals surface area contributed by atoms with Gasteiger partial charge in [-0.3, -0.25) is 14.6 Å². The first kappa shape index (κ1) is 20.6. The first-order chi connectivity index (χ1) is 11.1. The van der Waals surface area contributed by atoms with Gasteiger partial charge in [0, 0.05) is 25.6 Å². The van der Waals surface area contributed by atoms with Crippen LogP contribution in [-0.2, 0) is 19.6 Å². The molecule has 8 nitrogen and oxygen atoms in total. The van der Waals surface area contributed by atoms with Gasteiger partial charge in [0.15, 0.2) is 0 Å². The number of likely N-dealkylation sites (tertiary alicyclic amines) is 1. The van der Waals surface area contributed by atoms with Crippen molar-refractivity contribution in [3.8, 4) is 0 Å². The molecule has 0 aromatic carbocycles. The van der Waals surface area contributed by atoms with Gasteiger partial charge in [-0.05, 0) is 39.5 Å². The second-order valence-corrected chi connectivity index (χ2v) is 8.10. The van der Waals surface area contributed by atoms with E-state index >= 15 is 0 Å². The van der Waals surface area contributed by atoms with Gasteiger partial charge in [0.1, 0.15) is 11.8 Å². The van der Waals surface area contributed by atoms with Crippen LogP contribution in [0.15, 0.2) is 4.99 Å². The van der Waals surface area contributed by atoms with Crippen LogP contribution in [0, 0.1) is 5.92 Å². The number of sulfonamides is 1. The minimum atomic E-state index is -3.50. The molecular formula is C15H28N4O4S. The molecule has 0 aromatic heterocycles. The number of Topliss-reactive ketones (excluding diaryl/α,β-unsaturated/α-hetero) is 1. The van der Waals surface area contributed by atoms with Gasteiger partial charge in [0.05, 0.1) is 12.1 Å². The van der Waals surface area contributed by atoms with Gasteiger partial charge in [-0.15, -0.1) is 0 Å². The third-order valence-electron chi connectivity index (χ3n) is 4.05. The molecule has 24 heavy (non-hydrogen) atoms. The van der Waals surface area contributed by atoms with E-state index in [0.29, 0.717) is 51.2 Å². The van der Waals surface area contributed by atoms with Gasteiger partial charge in [0.2, 0.25) is 15.9 Å². The van der Waals surface area contributed by atoms with E-state index in [0.717, 1.165) is 6.26 Å². The Labute approximate surface area is 143 Å². The van der Waals surface area contributed by atoms with E-state index in [9.17, 15) is 18.0 Å². The van der Waals surface area contributed by atoms with Crippen LogP contribution in [0.5, 0.6) is 0 Å². The number of nitrogens with zero attached hydrogens (tertiary/aromatic N) is 2. The first-order valence-electron chi connectivity index (χ1n) is 8.13. The molecule has 1 unspecified atom stereocenters. The smallest absolute Gasteiger partial charge is 0.240 e. The van der Waals surface area contributed by atoms with E-state index in [1.807, 2.05) is 0 Å². The van der Waals surface area contributed by atoms with Crippen molar-refractivity contribution in [1.29, 1.82) is 0 Å². The van der Waals surface area contributed by atoms with Gasteiger partial charge in [-0.1, -0.05) is 0 Å². The number of amides is 1. The number of hydrogen-bond donors (Lipinski definition) is 2. The van der Waals surface area contributed by atoms with Crippen LogP contribution >= 0.6 is 0 Å². The summed E-state index contributed by atoms with van der Waals surface area (Å²) in [4.78, 5) is 29.7. The zero-order chi connectivity index (χ0) is 18.3. The Bertz CT molecular complexity index is 576. The number of carbonyl (C=O) groups excluding carboxylic acids is 2. The molecule has 138 valence electrons. The lowest BCUT2D eigenvalue weighted by Crippen LogP contribution is -2.50. The van der Waals surface area contributed by atoms with E-state index in [-0.39, 0.29) is 17.6 Å². The van der Waals surface area contributed by atoms with Crippen molar-refractivity contribution in [3.05, 3.63) is 0 Å². The normalized spacial score (nSPS) is 18.5. The molecule has 1 aliphatic heterocycles. The van der Waals surface area contributed by atoms with Gasteiger partial charge >= 0.3 is 0 Å². The van der Waals surface area contributed by atoms with E-state index < -0.39 is 16.1 Å². The highest BCUT2D eigenvalue weighted by Gasteiger charge is 2.30. The highest BCUT2D eigenvalue weighted by Crippen LogP contribution is 2.19. The van der Waals surface area contributed by atoms with Crippen LogP contribution in [0.4, 0.5) is 0 Å². The predicted octanol–water partition coefficient (Wildman–Crippen LogP) is -0.111. The summed E-state index contributed by atoms with van der Waals surface area (Å²) < 4.78 is 25.5. The summed E-state index contributed by atoms with van der Waals surface area (Å²) in [6, 6.07) is -0.804. The highest BCUT2D eigenvalue weighted by molar-refractivity contribution is 7.88. The quantitative estimate of drug-likeness (QED) is 0.355. The molecule has 0 saturated carbocycles. The number of ketones is 1. The van der Waals surface area contributed by atoms with Crippen molar-refractivity contribution in [2.24, 2.45) is 16.6 Å². The molecule has 1 heterocycles. The number of piperidine rings is 1. The molecule has 0 bridgehead atoms. The van der Waals surface area contributed by atoms with Crippen LogP contribution in [0.25, 0.3) is 0 Å². The predicted molar refractivity (Wildman–Crippen MR) is 93.1 cm³/mol. The number of amidine groups is 1. The summed E-state index contributed by atoms with van der Waals surface area (Å²) >= 11 is 0. The maximum absolute atomic E-state index is 12.6. The number of carbonyl (C=O) groups is 2. The Kier molecular flexibility index (Phi) is 7.82. The maximum atomic E-state index is 12.6. The molecule has 1 atom stereocenters. The third-order valence-corrected chi connectivity index (χ3v) is 4.76. The largest absolute Gasteiger partial charge is 0.388 e. The van der Waals surface area contributed by atoms with Crippen molar-refractivity contribution in [2.45, 2.75) is 45.6 Å². The van der Waals surface area contributed by atoms with Crippen LogP contribution in [0.1, 0.15) is 39.5 Å². The van der Waals surface area contributed by atoms with Crippen LogP contribution in [0.3, 0.4) is 0 Å². The molecule has 1 amide bonds. The van der Waals surface area contributed by atoms with E-state index in [4.69, 9.17) is 5.73 Å². The van der Waals surface area contributed by atoms with E-state index in [1.54, 1.807) is 18.7 Å². The fraction of sp³-hybridized carbons (Fsp3) is 0.800. The summed E-state index contributed by atoms with van der Waals surface area (Å²) in [5.41, 5.74) is 5.46. The van der Waals surface area contributed by atoms with Gasteiger partial charge < -0.3 is 10.6 Å². The summed E-state index contributed by atoms with van der Waals surface area (Å²) in [6.45, 7) is 4.65. The minimum absolute atomic E-state index is 0.00256. The Morgan fingerprint density at radius 1 is 1.29 bits per heavy atom. The molecular weight excluding hydrogens is 332 g/mol. The molecule has 1 fully saturated rings. The molecule has 1 rings (SSSR count). The standard InChI is InChI=1S/C15H28N4O4S/c1-11(20)13-6-9-19(10-7-13)15(21)14(18-24(3,22)23)5-4-8-17-12(2)16/h13-14,18H,4-10H2,1-3H3,(H2,16,17). The third kappa shape index (κ3) is 7.39. The van der Waals surface area contributed by atoms with Gasteiger partial charge in [0.25, 0.3) is 0 Å². The van der Waals surface area contributed by atoms with Crippen molar-refractivity contribution >= 4 is 27.5 Å². The SMILES string of the molecule is CC(=O)C1CCN(C(=O)C(CCCN=C(C)N)NS(C)(=O)=O)CC1. The number of aliphatic imine (C=N–C) groups is 1. The monoisotopic (exact) mass is 360 g/mol. The summed E-state index contributed by atoms with van der Waals surface area (Å²) in [5.74, 6) is 0.358. The average Bonchev–Trinajstić information content (AvgIpc) is 2.48. The van der Waals surface area contributed by atoms with Crippen molar-refractivity contribution in [2.75, 3.05) is 25.9 Å². The Balaban J connectivity index is 2.66. The lowest BCUT2D eigenvalue weighted by molar-refractivity contribution is -0.136. The zero-order valence-electron chi connectivity index (χ0n) is 14.6. The number of nitrogens with one attached hydrogen (secondary N) is 1. The van der Waals surface area contributed by atoms with Crippen molar-refractivity contribution in [3.63, 3.8) is 0 Å². The van der Waals surface area contributed by atoms with E-state index in [2.05, 4.69) is 9.71 Å². The highest BCUT2D eigenvalue weighted by atomic mass is 32.2. The summed E-state index contributed by atoms with van der Waals surface area (Å²) in [7, 11) is -3.50. The first-order valence-corrected chi connectivity index (χ1v) is 10.0. The fourth-order valence-corrected chi connectivity index (χ4v) is 3.50. The van der Waals surface area contributed by atoms with E-state index in [1.165, 1.54) is 0 Å². The zero-order valence-corrected chi connectivity index (χ0v) is 15.4. The molecule has 9 heteroatoms. The summed E-state index contributed by atoms with van der Waals surface area (Å²) in [5, 5.41) is 0. The Morgan fingerprint density at radius 2 is 1.88 bits per heavy atom. The maximum Gasteiger partial charge on any atom is 0.240 e. The summed E-state index contributed by atoms with van der Waals surface area (Å²) in [6.07, 6.45) is 3.21. The Hall–Kier alpha value is -1.48. The van der Waals surface area contributed by atoms with Crippen molar-refractivity contribution in [1.82, 2.24) is 9.62 Å². The lowest BCUT2D eigenvalue weighted by atomic mass is 9.93. The molecule has 0 aromatic rings. The molecule has 1 aliphatic rings. The number of nitrogens with two attached hydrogens (primary N) is 1. The molecule has 0 radical (unpaired) electrons. The number of hydrogen-bond acceptors (Lipinski definition) is 5. The fourth-order valence-electron chi connectivity index (χ4n) is 2.77. The Morgan fingerprint density at radius 3 is 2.33 bits per heavy atom. The van der Waals surface area contributed by atoms with Gasteiger partial charge in [-0.25, -0.2) is 13.1 Å². The molecule has 1 saturated heterocycles. The topological polar surface area (TPSA) is 122 Å². The van der Waals surface area contributed by atoms with Crippen LogP contribution < -0.4 is 10.5 Å². The molecule has 0 spiro atoms. The second-order valence-electron chi connectivity index (χ2n) is 6.32. The van der Waals surface area contributed by atoms with Crippen LogP contribution in [-0.4, -0.2) is 62.8 Å². The minimum Gasteiger partial charge on any atom is -0.388 e. The average molecular weight is 360 g/mol.